The lowest BCUT2D eigenvalue weighted by Crippen LogP contribution is -2.50. The topological polar surface area (TPSA) is 108 Å². The van der Waals surface area contributed by atoms with Gasteiger partial charge in [-0.3, -0.25) is 19.5 Å². The highest BCUT2D eigenvalue weighted by atomic mass is 19.3. The minimum absolute atomic E-state index is 0.0523. The van der Waals surface area contributed by atoms with Crippen LogP contribution in [0.15, 0.2) is 54.7 Å². The van der Waals surface area contributed by atoms with Crippen molar-refractivity contribution in [2.75, 3.05) is 70.9 Å². The molecule has 0 unspecified atom stereocenters. The van der Waals surface area contributed by atoms with E-state index in [0.29, 0.717) is 24.0 Å². The number of ether oxygens (including phenoxy) is 2. The monoisotopic (exact) mass is 680 g/mol. The Bertz CT molecular complexity index is 1630. The summed E-state index contributed by atoms with van der Waals surface area (Å²) in [6, 6.07) is 15.2. The van der Waals surface area contributed by atoms with E-state index >= 15 is 0 Å². The van der Waals surface area contributed by atoms with Gasteiger partial charge in [-0.2, -0.15) is 0 Å². The van der Waals surface area contributed by atoms with Crippen LogP contribution in [-0.2, 0) is 16.1 Å². The number of nitrogens with zero attached hydrogens (tertiary/aromatic N) is 5. The molecule has 2 aromatic carbocycles. The number of carbonyl (C=O) groups is 3. The van der Waals surface area contributed by atoms with E-state index in [1.807, 2.05) is 76.3 Å². The predicted molar refractivity (Wildman–Crippen MR) is 183 cm³/mol. The fourth-order valence-electron chi connectivity index (χ4n) is 5.92. The number of likely N-dealkylation sites (tertiary alicyclic amines) is 1. The van der Waals surface area contributed by atoms with Gasteiger partial charge in [0.2, 0.25) is 5.91 Å². The quantitative estimate of drug-likeness (QED) is 0.308. The van der Waals surface area contributed by atoms with Crippen LogP contribution in [-0.4, -0.2) is 115 Å². The Kier molecular flexibility index (Phi) is 11.2. The summed E-state index contributed by atoms with van der Waals surface area (Å²) in [4.78, 5) is 50.6. The number of alkyl halides is 2. The van der Waals surface area contributed by atoms with E-state index in [2.05, 4.69) is 20.1 Å². The maximum atomic E-state index is 13.7. The first-order chi connectivity index (χ1) is 23.3. The normalized spacial score (nSPS) is 16.4. The number of amides is 3. The van der Waals surface area contributed by atoms with Crippen LogP contribution < -0.4 is 15.0 Å². The van der Waals surface area contributed by atoms with Crippen LogP contribution in [0.3, 0.4) is 0 Å². The molecule has 0 radical (unpaired) electrons. The molecule has 3 heterocycles. The Balaban J connectivity index is 1.25. The molecule has 0 spiro atoms. The number of halogens is 2. The van der Waals surface area contributed by atoms with Gasteiger partial charge in [0.05, 0.1) is 30.4 Å². The zero-order chi connectivity index (χ0) is 35.2. The van der Waals surface area contributed by atoms with Crippen LogP contribution in [0.4, 0.5) is 19.3 Å². The van der Waals surface area contributed by atoms with Crippen LogP contribution in [0.2, 0.25) is 0 Å². The largest absolute Gasteiger partial charge is 0.486 e. The number of rotatable bonds is 11. The van der Waals surface area contributed by atoms with Crippen molar-refractivity contribution in [2.45, 2.75) is 51.7 Å². The first kappa shape index (κ1) is 35.8. The van der Waals surface area contributed by atoms with Crippen LogP contribution in [0.25, 0.3) is 10.9 Å². The Hall–Kier alpha value is -4.52. The average Bonchev–Trinajstić information content (AvgIpc) is 3.44. The molecule has 264 valence electrons. The van der Waals surface area contributed by atoms with Crippen LogP contribution >= 0.6 is 0 Å². The van der Waals surface area contributed by atoms with Gasteiger partial charge in [0.25, 0.3) is 11.8 Å². The first-order valence-electron chi connectivity index (χ1n) is 16.7. The fourth-order valence-corrected chi connectivity index (χ4v) is 5.92. The number of benzene rings is 2. The summed E-state index contributed by atoms with van der Waals surface area (Å²) in [6.45, 7) is 9.08. The summed E-state index contributed by atoms with van der Waals surface area (Å²) >= 11 is 0. The second kappa shape index (κ2) is 15.4. The van der Waals surface area contributed by atoms with Gasteiger partial charge in [0.15, 0.2) is 5.75 Å². The van der Waals surface area contributed by atoms with Crippen molar-refractivity contribution in [1.29, 1.82) is 0 Å². The molecule has 0 bridgehead atoms. The summed E-state index contributed by atoms with van der Waals surface area (Å²) in [5.74, 6) is -3.79. The lowest BCUT2D eigenvalue weighted by Gasteiger charge is -2.35. The second-order valence-electron chi connectivity index (χ2n) is 13.7. The van der Waals surface area contributed by atoms with Crippen molar-refractivity contribution in [3.8, 4) is 5.75 Å². The summed E-state index contributed by atoms with van der Waals surface area (Å²) in [5.41, 5.74) is 2.04. The molecule has 2 aliphatic rings. The predicted octanol–water partition coefficient (Wildman–Crippen LogP) is 4.79. The molecule has 0 aliphatic carbocycles. The van der Waals surface area contributed by atoms with E-state index < -0.39 is 36.4 Å². The standard InChI is InChI=1S/C36H46F2N6O5/c1-35(2,3)49-34(47)43-19-17-42(18-20-43)15-8-14-41(4)27-11-12-29-28(21-27)32(30(22-39-29)48-24-26-9-6-5-7-10-26)33(46)40-23-31(45)44-16-13-36(37,38)25-44/h5-7,9-12,21-22H,8,13-20,23-25H2,1-4H3,(H,40,46). The van der Waals surface area contributed by atoms with Gasteiger partial charge in [-0.05, 0) is 57.5 Å². The van der Waals surface area contributed by atoms with Crippen molar-refractivity contribution >= 4 is 34.5 Å². The molecule has 11 nitrogen and oxygen atoms in total. The maximum Gasteiger partial charge on any atom is 0.410 e. The van der Waals surface area contributed by atoms with E-state index in [4.69, 9.17) is 9.47 Å². The number of carbonyl (C=O) groups excluding carboxylic acids is 3. The van der Waals surface area contributed by atoms with Crippen molar-refractivity contribution in [3.63, 3.8) is 0 Å². The van der Waals surface area contributed by atoms with Crippen LogP contribution in [0.1, 0.15) is 49.5 Å². The number of hydrogen-bond acceptors (Lipinski definition) is 8. The molecule has 1 aromatic heterocycles. The van der Waals surface area contributed by atoms with Crippen molar-refractivity contribution in [3.05, 3.63) is 65.9 Å². The molecule has 1 N–H and O–H groups in total. The first-order valence-corrected chi connectivity index (χ1v) is 16.7. The third-order valence-electron chi connectivity index (χ3n) is 8.64. The molecule has 2 aliphatic heterocycles. The summed E-state index contributed by atoms with van der Waals surface area (Å²) < 4.78 is 39.0. The van der Waals surface area contributed by atoms with Gasteiger partial charge < -0.3 is 29.5 Å². The Morgan fingerprint density at radius 2 is 1.73 bits per heavy atom. The minimum Gasteiger partial charge on any atom is -0.486 e. The lowest BCUT2D eigenvalue weighted by molar-refractivity contribution is -0.130. The zero-order valence-corrected chi connectivity index (χ0v) is 28.7. The highest BCUT2D eigenvalue weighted by molar-refractivity contribution is 6.09. The fraction of sp³-hybridized carbons (Fsp3) is 0.500. The Labute approximate surface area is 286 Å². The van der Waals surface area contributed by atoms with Gasteiger partial charge in [-0.1, -0.05) is 30.3 Å². The molecule has 5 rings (SSSR count). The number of anilines is 1. The highest BCUT2D eigenvalue weighted by Crippen LogP contribution is 2.31. The van der Waals surface area contributed by atoms with Crippen molar-refractivity contribution < 1.29 is 32.6 Å². The lowest BCUT2D eigenvalue weighted by atomic mass is 10.1. The van der Waals surface area contributed by atoms with E-state index in [9.17, 15) is 23.2 Å². The van der Waals surface area contributed by atoms with Gasteiger partial charge >= 0.3 is 6.09 Å². The minimum atomic E-state index is -2.92. The third kappa shape index (κ3) is 9.78. The molecule has 13 heteroatoms. The van der Waals surface area contributed by atoms with E-state index in [1.165, 1.54) is 6.20 Å². The van der Waals surface area contributed by atoms with Crippen LogP contribution in [0.5, 0.6) is 5.75 Å². The smallest absolute Gasteiger partial charge is 0.410 e. The van der Waals surface area contributed by atoms with E-state index in [0.717, 1.165) is 48.8 Å². The summed E-state index contributed by atoms with van der Waals surface area (Å²) in [5, 5.41) is 3.19. The highest BCUT2D eigenvalue weighted by Gasteiger charge is 2.40. The second-order valence-corrected chi connectivity index (χ2v) is 13.7. The van der Waals surface area contributed by atoms with E-state index in [-0.39, 0.29) is 37.0 Å². The maximum absolute atomic E-state index is 13.7. The molecule has 3 aromatic rings. The molecule has 0 atom stereocenters. The molecule has 49 heavy (non-hydrogen) atoms. The molecule has 3 amide bonds. The van der Waals surface area contributed by atoms with Gasteiger partial charge in [-0.25, -0.2) is 13.6 Å². The van der Waals surface area contributed by atoms with E-state index in [1.54, 1.807) is 4.90 Å². The molecule has 2 saturated heterocycles. The number of piperazine rings is 1. The Morgan fingerprint density at radius 1 is 1.00 bits per heavy atom. The Morgan fingerprint density at radius 3 is 2.41 bits per heavy atom. The molecular formula is C36H46F2N6O5. The molecule has 2 fully saturated rings. The van der Waals surface area contributed by atoms with Crippen molar-refractivity contribution in [1.82, 2.24) is 25.0 Å². The third-order valence-corrected chi connectivity index (χ3v) is 8.64. The average molecular weight is 681 g/mol. The number of hydrogen-bond donors (Lipinski definition) is 1. The number of fused-ring (bicyclic) bond motifs is 1. The molecule has 0 saturated carbocycles. The van der Waals surface area contributed by atoms with Crippen molar-refractivity contribution in [2.24, 2.45) is 0 Å². The number of nitrogens with one attached hydrogen (secondary N) is 1. The number of aromatic nitrogens is 1. The summed E-state index contributed by atoms with van der Waals surface area (Å²) in [7, 11) is 1.98. The zero-order valence-electron chi connectivity index (χ0n) is 28.7. The number of pyridine rings is 1. The molecular weight excluding hydrogens is 634 g/mol. The van der Waals surface area contributed by atoms with Gasteiger partial charge in [-0.15, -0.1) is 0 Å². The van der Waals surface area contributed by atoms with Gasteiger partial charge in [0, 0.05) is 63.8 Å². The summed E-state index contributed by atoms with van der Waals surface area (Å²) in [6.07, 6.45) is 1.71. The van der Waals surface area contributed by atoms with Crippen LogP contribution in [0, 0.1) is 0 Å². The van der Waals surface area contributed by atoms with Gasteiger partial charge in [0.1, 0.15) is 12.2 Å². The SMILES string of the molecule is CN(CCCN1CCN(C(=O)OC(C)(C)C)CC1)c1ccc2ncc(OCc3ccccc3)c(C(=O)NCC(=O)N3CCC(F)(F)C3)c2c1.